The normalized spacial score (nSPS) is 24.3. The van der Waals surface area contributed by atoms with E-state index in [1.54, 1.807) is 13.4 Å². The molecule has 2 aliphatic heterocycles. The van der Waals surface area contributed by atoms with Gasteiger partial charge in [0.15, 0.2) is 9.84 Å². The highest BCUT2D eigenvalue weighted by Crippen LogP contribution is 2.40. The molecule has 0 bridgehead atoms. The fourth-order valence-corrected chi connectivity index (χ4v) is 6.65. The summed E-state index contributed by atoms with van der Waals surface area (Å²) < 4.78 is 29.9. The summed E-state index contributed by atoms with van der Waals surface area (Å²) in [6.07, 6.45) is 4.53. The molecule has 1 saturated carbocycles. The maximum atomic E-state index is 11.9. The zero-order chi connectivity index (χ0) is 23.9. The number of aliphatic imine (C=N–C) groups is 1. The Morgan fingerprint density at radius 3 is 2.56 bits per heavy atom. The molecule has 0 N–H and O–H groups in total. The molecule has 8 nitrogen and oxygen atoms in total. The van der Waals surface area contributed by atoms with Crippen LogP contribution in [0.25, 0.3) is 0 Å². The second kappa shape index (κ2) is 8.92. The largest absolute Gasteiger partial charge is 0.488 e. The van der Waals surface area contributed by atoms with E-state index in [1.165, 1.54) is 0 Å². The van der Waals surface area contributed by atoms with Crippen LogP contribution in [0.2, 0.25) is 0 Å². The predicted octanol–water partition coefficient (Wildman–Crippen LogP) is 2.49. The Labute approximate surface area is 202 Å². The molecule has 1 aliphatic carbocycles. The van der Waals surface area contributed by atoms with Crippen molar-refractivity contribution < 1.29 is 13.2 Å². The lowest BCUT2D eigenvalue weighted by Gasteiger charge is -2.38. The molecule has 0 spiro atoms. The van der Waals surface area contributed by atoms with E-state index in [0.29, 0.717) is 11.5 Å². The highest BCUT2D eigenvalue weighted by atomic mass is 32.2. The monoisotopic (exact) mass is 483 g/mol. The molecule has 5 rings (SSSR count). The van der Waals surface area contributed by atoms with Crippen LogP contribution in [0.4, 0.5) is 5.82 Å². The van der Waals surface area contributed by atoms with Crippen LogP contribution >= 0.6 is 0 Å². The third-order valence-corrected chi connectivity index (χ3v) is 9.01. The summed E-state index contributed by atoms with van der Waals surface area (Å²) in [6.45, 7) is 7.52. The van der Waals surface area contributed by atoms with E-state index in [2.05, 4.69) is 50.7 Å². The van der Waals surface area contributed by atoms with Crippen LogP contribution in [0, 0.1) is 6.92 Å². The first-order chi connectivity index (χ1) is 16.3. The summed E-state index contributed by atoms with van der Waals surface area (Å²) in [5.41, 5.74) is 3.70. The highest BCUT2D eigenvalue weighted by molar-refractivity contribution is 7.91. The molecular formula is C25H33N5O3S. The van der Waals surface area contributed by atoms with Crippen molar-refractivity contribution in [2.75, 3.05) is 49.6 Å². The Hall–Kier alpha value is -2.52. The predicted molar refractivity (Wildman–Crippen MR) is 134 cm³/mol. The van der Waals surface area contributed by atoms with Crippen LogP contribution in [0.3, 0.4) is 0 Å². The summed E-state index contributed by atoms with van der Waals surface area (Å²) in [5, 5.41) is 0. The van der Waals surface area contributed by atoms with Gasteiger partial charge in [0, 0.05) is 50.9 Å². The van der Waals surface area contributed by atoms with Crippen LogP contribution in [-0.4, -0.2) is 85.4 Å². The van der Waals surface area contributed by atoms with Gasteiger partial charge < -0.3 is 9.64 Å². The lowest BCUT2D eigenvalue weighted by molar-refractivity contribution is 0.200. The van der Waals surface area contributed by atoms with E-state index >= 15 is 0 Å². The molecule has 2 saturated heterocycles. The third kappa shape index (κ3) is 4.95. The molecule has 0 amide bonds. The number of anilines is 1. The third-order valence-electron chi connectivity index (χ3n) is 7.26. The van der Waals surface area contributed by atoms with Gasteiger partial charge in [-0.3, -0.25) is 9.89 Å². The van der Waals surface area contributed by atoms with Crippen molar-refractivity contribution in [3.05, 3.63) is 47.4 Å². The Bertz CT molecular complexity index is 1200. The van der Waals surface area contributed by atoms with Crippen molar-refractivity contribution in [1.82, 2.24) is 14.9 Å². The Morgan fingerprint density at radius 1 is 1.15 bits per heavy atom. The minimum Gasteiger partial charge on any atom is -0.488 e. The van der Waals surface area contributed by atoms with E-state index in [9.17, 15) is 8.42 Å². The number of hydrogen-bond donors (Lipinski definition) is 0. The van der Waals surface area contributed by atoms with Gasteiger partial charge in [0.25, 0.3) is 0 Å². The van der Waals surface area contributed by atoms with Crippen LogP contribution in [0.15, 0.2) is 35.6 Å². The number of aromatic nitrogens is 2. The van der Waals surface area contributed by atoms with Gasteiger partial charge in [0.05, 0.1) is 22.9 Å². The van der Waals surface area contributed by atoms with Crippen LogP contribution in [0.5, 0.6) is 5.75 Å². The van der Waals surface area contributed by atoms with Gasteiger partial charge in [0.1, 0.15) is 23.5 Å². The summed E-state index contributed by atoms with van der Waals surface area (Å²) in [7, 11) is -1.07. The maximum absolute atomic E-state index is 11.9. The lowest BCUT2D eigenvalue weighted by atomic mass is 10.0. The molecule has 9 heteroatoms. The molecule has 1 aromatic carbocycles. The molecule has 3 aliphatic rings. The Kier molecular flexibility index (Phi) is 6.10. The quantitative estimate of drug-likeness (QED) is 0.584. The fourth-order valence-electron chi connectivity index (χ4n) is 4.88. The summed E-state index contributed by atoms with van der Waals surface area (Å²) in [4.78, 5) is 18.2. The summed E-state index contributed by atoms with van der Waals surface area (Å²) >= 11 is 0. The standard InChI is InChI=1S/C25H33N5O3S/c1-18-4-5-20(33-25(2)7-8-25)14-21(18)24(26-3)22-15-23(28-17-27-22)30-11-9-29(10-12-30)19-6-13-34(31,32)16-19/h4-5,14-15,17,19H,6-13,16H2,1-3H3/b26-24+. The van der Waals surface area contributed by atoms with Crippen LogP contribution in [0.1, 0.15) is 43.0 Å². The number of nitrogens with zero attached hydrogens (tertiary/aromatic N) is 5. The number of sulfone groups is 1. The average Bonchev–Trinajstić information content (AvgIpc) is 3.44. The smallest absolute Gasteiger partial charge is 0.151 e. The molecule has 34 heavy (non-hydrogen) atoms. The Balaban J connectivity index is 1.31. The molecule has 2 aromatic rings. The molecular weight excluding hydrogens is 450 g/mol. The minimum absolute atomic E-state index is 0.0387. The number of ether oxygens (including phenoxy) is 1. The first-order valence-electron chi connectivity index (χ1n) is 12.0. The summed E-state index contributed by atoms with van der Waals surface area (Å²) in [6, 6.07) is 8.33. The van der Waals surface area contributed by atoms with E-state index < -0.39 is 9.84 Å². The van der Waals surface area contributed by atoms with Gasteiger partial charge in [-0.2, -0.15) is 0 Å². The highest BCUT2D eigenvalue weighted by Gasteiger charge is 2.40. The van der Waals surface area contributed by atoms with Gasteiger partial charge in [-0.15, -0.1) is 0 Å². The van der Waals surface area contributed by atoms with Crippen LogP contribution in [-0.2, 0) is 9.84 Å². The molecule has 1 atom stereocenters. The van der Waals surface area contributed by atoms with Gasteiger partial charge >= 0.3 is 0 Å². The number of benzene rings is 1. The van der Waals surface area contributed by atoms with E-state index in [4.69, 9.17) is 4.74 Å². The zero-order valence-corrected chi connectivity index (χ0v) is 21.0. The van der Waals surface area contributed by atoms with E-state index in [1.807, 2.05) is 12.1 Å². The molecule has 3 fully saturated rings. The number of aryl methyl sites for hydroxylation is 1. The fraction of sp³-hybridized carbons (Fsp3) is 0.560. The molecule has 1 aromatic heterocycles. The van der Waals surface area contributed by atoms with Crippen molar-refractivity contribution >= 4 is 21.4 Å². The number of piperazine rings is 1. The average molecular weight is 484 g/mol. The second-order valence-electron chi connectivity index (χ2n) is 9.94. The van der Waals surface area contributed by atoms with Gasteiger partial charge in [0.2, 0.25) is 0 Å². The summed E-state index contributed by atoms with van der Waals surface area (Å²) in [5.74, 6) is 2.35. The van der Waals surface area contributed by atoms with Gasteiger partial charge in [-0.05, 0) is 50.8 Å². The van der Waals surface area contributed by atoms with Crippen molar-refractivity contribution in [2.24, 2.45) is 4.99 Å². The topological polar surface area (TPSA) is 88.0 Å². The SMILES string of the molecule is C/N=C(/c1cc(N2CCN(C3CCS(=O)(=O)C3)CC2)ncn1)c1cc(OC2(C)CC2)ccc1C. The zero-order valence-electron chi connectivity index (χ0n) is 20.2. The van der Waals surface area contributed by atoms with Gasteiger partial charge in [-0.1, -0.05) is 6.07 Å². The number of rotatable bonds is 6. The van der Waals surface area contributed by atoms with Gasteiger partial charge in [-0.25, -0.2) is 18.4 Å². The lowest BCUT2D eigenvalue weighted by Crippen LogP contribution is -2.51. The van der Waals surface area contributed by atoms with Crippen LogP contribution < -0.4 is 9.64 Å². The Morgan fingerprint density at radius 2 is 1.91 bits per heavy atom. The van der Waals surface area contributed by atoms with E-state index in [-0.39, 0.29) is 11.6 Å². The molecule has 182 valence electrons. The molecule has 0 radical (unpaired) electrons. The van der Waals surface area contributed by atoms with Crippen molar-refractivity contribution in [3.8, 4) is 5.75 Å². The maximum Gasteiger partial charge on any atom is 0.151 e. The van der Waals surface area contributed by atoms with Crippen molar-refractivity contribution in [3.63, 3.8) is 0 Å². The van der Waals surface area contributed by atoms with Crippen molar-refractivity contribution in [2.45, 2.75) is 44.8 Å². The first kappa shape index (κ1) is 23.2. The molecule has 3 heterocycles. The second-order valence-corrected chi connectivity index (χ2v) is 12.2. The molecule has 1 unspecified atom stereocenters. The first-order valence-corrected chi connectivity index (χ1v) is 13.9. The number of hydrogen-bond acceptors (Lipinski definition) is 8. The minimum atomic E-state index is -2.87. The van der Waals surface area contributed by atoms with Crippen molar-refractivity contribution in [1.29, 1.82) is 0 Å². The van der Waals surface area contributed by atoms with E-state index in [0.717, 1.165) is 79.5 Å².